The topological polar surface area (TPSA) is 91.5 Å². The molecule has 0 radical (unpaired) electrons. The number of nitrogens with zero attached hydrogens (tertiary/aromatic N) is 4. The molecule has 1 N–H and O–H groups in total. The van der Waals surface area contributed by atoms with Crippen molar-refractivity contribution in [1.82, 2.24) is 19.5 Å². The first-order chi connectivity index (χ1) is 10.5. The van der Waals surface area contributed by atoms with Gasteiger partial charge in [-0.15, -0.1) is 0 Å². The maximum Gasteiger partial charge on any atom is 0.167 e. The van der Waals surface area contributed by atoms with Crippen molar-refractivity contribution in [2.45, 2.75) is 44.2 Å². The summed E-state index contributed by atoms with van der Waals surface area (Å²) in [6.45, 7) is 3.52. The Morgan fingerprint density at radius 2 is 2.05 bits per heavy atom. The van der Waals surface area contributed by atoms with Crippen LogP contribution in [0.3, 0.4) is 0 Å². The number of hydrogen-bond donors (Lipinski definition) is 1. The molecule has 0 bridgehead atoms. The fourth-order valence-corrected chi connectivity index (χ4v) is 3.22. The van der Waals surface area contributed by atoms with Crippen LogP contribution in [0.5, 0.6) is 0 Å². The molecule has 9 heteroatoms. The van der Waals surface area contributed by atoms with Gasteiger partial charge in [0, 0.05) is 0 Å². The third kappa shape index (κ3) is 2.03. The highest BCUT2D eigenvalue weighted by atomic mass is 35.5. The van der Waals surface area contributed by atoms with E-state index >= 15 is 0 Å². The normalized spacial score (nSPS) is 33.5. The smallest absolute Gasteiger partial charge is 0.167 e. The lowest BCUT2D eigenvalue weighted by molar-refractivity contribution is -0.199. The van der Waals surface area contributed by atoms with Crippen molar-refractivity contribution in [3.05, 3.63) is 17.8 Å². The summed E-state index contributed by atoms with van der Waals surface area (Å²) in [6.07, 6.45) is 1.28. The summed E-state index contributed by atoms with van der Waals surface area (Å²) in [5.41, 5.74) is 1.05. The van der Waals surface area contributed by atoms with Crippen molar-refractivity contribution in [3.8, 4) is 0 Å². The Morgan fingerprint density at radius 3 is 2.82 bits per heavy atom. The number of aromatic nitrogens is 4. The summed E-state index contributed by atoms with van der Waals surface area (Å²) in [7, 11) is 0. The predicted molar refractivity (Wildman–Crippen MR) is 75.2 cm³/mol. The molecule has 2 aromatic heterocycles. The summed E-state index contributed by atoms with van der Waals surface area (Å²) in [6, 6.07) is 0. The maximum absolute atomic E-state index is 9.52. The van der Waals surface area contributed by atoms with E-state index in [0.29, 0.717) is 11.2 Å². The van der Waals surface area contributed by atoms with Gasteiger partial charge in [-0.05, 0) is 13.8 Å². The molecule has 0 aliphatic carbocycles. The van der Waals surface area contributed by atoms with E-state index in [0.717, 1.165) is 0 Å². The Hall–Kier alpha value is -1.32. The number of rotatable bonds is 2. The first-order valence-corrected chi connectivity index (χ1v) is 7.33. The van der Waals surface area contributed by atoms with Crippen LogP contribution in [0.15, 0.2) is 12.7 Å². The highest BCUT2D eigenvalue weighted by molar-refractivity contribution is 6.33. The number of halogens is 1. The second-order valence-corrected chi connectivity index (χ2v) is 6.16. The highest BCUT2D eigenvalue weighted by Crippen LogP contribution is 2.43. The van der Waals surface area contributed by atoms with Gasteiger partial charge < -0.3 is 19.3 Å². The van der Waals surface area contributed by atoms with Gasteiger partial charge in [-0.1, -0.05) is 11.6 Å². The molecule has 0 spiro atoms. The third-order valence-corrected chi connectivity index (χ3v) is 4.17. The van der Waals surface area contributed by atoms with Crippen LogP contribution in [-0.2, 0) is 14.2 Å². The Balaban J connectivity index is 1.77. The zero-order chi connectivity index (χ0) is 15.5. The van der Waals surface area contributed by atoms with E-state index in [1.165, 1.54) is 6.33 Å². The zero-order valence-electron chi connectivity index (χ0n) is 12.0. The van der Waals surface area contributed by atoms with Crippen LogP contribution in [0.25, 0.3) is 11.2 Å². The van der Waals surface area contributed by atoms with Crippen LogP contribution in [0, 0.1) is 0 Å². The zero-order valence-corrected chi connectivity index (χ0v) is 12.8. The SMILES string of the molecule is CC1(C)OC2C(CO)OC(n3cnc4c(Cl)ncnc43)C2O1. The fraction of sp³-hybridized carbons (Fsp3) is 0.615. The molecule has 2 aliphatic heterocycles. The molecule has 2 saturated heterocycles. The summed E-state index contributed by atoms with van der Waals surface area (Å²) in [5.74, 6) is -0.728. The van der Waals surface area contributed by atoms with Crippen molar-refractivity contribution in [2.75, 3.05) is 6.61 Å². The highest BCUT2D eigenvalue weighted by Gasteiger charge is 2.55. The molecule has 0 amide bonds. The van der Waals surface area contributed by atoms with Crippen molar-refractivity contribution >= 4 is 22.8 Å². The van der Waals surface area contributed by atoms with Crippen molar-refractivity contribution in [2.24, 2.45) is 0 Å². The number of imidazole rings is 1. The summed E-state index contributed by atoms with van der Waals surface area (Å²) in [4.78, 5) is 12.4. The monoisotopic (exact) mass is 326 g/mol. The Kier molecular flexibility index (Phi) is 3.14. The molecule has 118 valence electrons. The molecule has 2 aliphatic rings. The second kappa shape index (κ2) is 4.84. The molecular formula is C13H15ClN4O4. The maximum atomic E-state index is 9.52. The largest absolute Gasteiger partial charge is 0.394 e. The van der Waals surface area contributed by atoms with Crippen LogP contribution in [0.4, 0.5) is 0 Å². The molecule has 4 rings (SSSR count). The van der Waals surface area contributed by atoms with Gasteiger partial charge in [-0.25, -0.2) is 15.0 Å². The van der Waals surface area contributed by atoms with Gasteiger partial charge in [0.15, 0.2) is 22.8 Å². The number of hydrogen-bond acceptors (Lipinski definition) is 7. The molecule has 4 unspecified atom stereocenters. The minimum absolute atomic E-state index is 0.153. The molecule has 2 fully saturated rings. The Morgan fingerprint density at radius 1 is 1.27 bits per heavy atom. The van der Waals surface area contributed by atoms with Gasteiger partial charge >= 0.3 is 0 Å². The van der Waals surface area contributed by atoms with Crippen LogP contribution >= 0.6 is 11.6 Å². The van der Waals surface area contributed by atoms with Gasteiger partial charge in [0.25, 0.3) is 0 Å². The number of aliphatic hydroxyl groups excluding tert-OH is 1. The first kappa shape index (κ1) is 14.3. The van der Waals surface area contributed by atoms with Crippen molar-refractivity contribution < 1.29 is 19.3 Å². The van der Waals surface area contributed by atoms with E-state index in [9.17, 15) is 5.11 Å². The average molecular weight is 327 g/mol. The molecule has 0 saturated carbocycles. The Labute approximate surface area is 131 Å². The average Bonchev–Trinajstić information content (AvgIpc) is 3.10. The summed E-state index contributed by atoms with van der Waals surface area (Å²) in [5, 5.41) is 9.80. The second-order valence-electron chi connectivity index (χ2n) is 5.80. The van der Waals surface area contributed by atoms with E-state index in [1.807, 2.05) is 13.8 Å². The Bertz CT molecular complexity index is 721. The van der Waals surface area contributed by atoms with Crippen LogP contribution in [-0.4, -0.2) is 55.3 Å². The van der Waals surface area contributed by atoms with Crippen LogP contribution in [0.2, 0.25) is 5.15 Å². The third-order valence-electron chi connectivity index (χ3n) is 3.89. The van der Waals surface area contributed by atoms with Crippen molar-refractivity contribution in [1.29, 1.82) is 0 Å². The van der Waals surface area contributed by atoms with E-state index in [1.54, 1.807) is 10.9 Å². The molecular weight excluding hydrogens is 312 g/mol. The lowest BCUT2D eigenvalue weighted by Gasteiger charge is -2.24. The summed E-state index contributed by atoms with van der Waals surface area (Å²) < 4.78 is 19.4. The lowest BCUT2D eigenvalue weighted by atomic mass is 10.1. The summed E-state index contributed by atoms with van der Waals surface area (Å²) >= 11 is 6.03. The molecule has 0 aromatic carbocycles. The first-order valence-electron chi connectivity index (χ1n) is 6.95. The van der Waals surface area contributed by atoms with Gasteiger partial charge in [0.1, 0.15) is 30.2 Å². The van der Waals surface area contributed by atoms with Gasteiger partial charge in [0.05, 0.1) is 12.9 Å². The van der Waals surface area contributed by atoms with Crippen LogP contribution < -0.4 is 0 Å². The standard InChI is InChI=1S/C13H15ClN4O4/c1-13(2)21-8-6(3-19)20-12(9(8)22-13)18-5-17-7-10(14)15-4-16-11(7)18/h4-6,8-9,12,19H,3H2,1-2H3. The van der Waals surface area contributed by atoms with Gasteiger partial charge in [-0.2, -0.15) is 0 Å². The molecule has 2 aromatic rings. The predicted octanol–water partition coefficient (Wildman–Crippen LogP) is 0.889. The minimum Gasteiger partial charge on any atom is -0.394 e. The quantitative estimate of drug-likeness (QED) is 0.819. The van der Waals surface area contributed by atoms with Gasteiger partial charge in [0.2, 0.25) is 0 Å². The van der Waals surface area contributed by atoms with E-state index < -0.39 is 18.1 Å². The number of aliphatic hydroxyl groups is 1. The molecule has 22 heavy (non-hydrogen) atoms. The minimum atomic E-state index is -0.728. The number of fused-ring (bicyclic) bond motifs is 2. The molecule has 4 atom stereocenters. The number of ether oxygens (including phenoxy) is 3. The van der Waals surface area contributed by atoms with Crippen LogP contribution in [0.1, 0.15) is 20.1 Å². The lowest BCUT2D eigenvalue weighted by Crippen LogP contribution is -2.31. The van der Waals surface area contributed by atoms with Gasteiger partial charge in [-0.3, -0.25) is 4.57 Å². The molecule has 4 heterocycles. The van der Waals surface area contributed by atoms with Crippen molar-refractivity contribution in [3.63, 3.8) is 0 Å². The molecule has 8 nitrogen and oxygen atoms in total. The fourth-order valence-electron chi connectivity index (χ4n) is 3.04. The van der Waals surface area contributed by atoms with E-state index in [2.05, 4.69) is 15.0 Å². The van der Waals surface area contributed by atoms with E-state index in [4.69, 9.17) is 25.8 Å². The van der Waals surface area contributed by atoms with E-state index in [-0.39, 0.29) is 24.0 Å².